The highest BCUT2D eigenvalue weighted by molar-refractivity contribution is 5.83. The Morgan fingerprint density at radius 3 is 2.77 bits per heavy atom. The molecule has 140 valence electrons. The van der Waals surface area contributed by atoms with Gasteiger partial charge in [-0.1, -0.05) is 11.6 Å². The summed E-state index contributed by atoms with van der Waals surface area (Å²) in [5.41, 5.74) is 3.65. The summed E-state index contributed by atoms with van der Waals surface area (Å²) in [5.74, 6) is -0.0156. The third-order valence-electron chi connectivity index (χ3n) is 4.85. The van der Waals surface area contributed by atoms with Gasteiger partial charge in [0.25, 0.3) is 5.56 Å². The van der Waals surface area contributed by atoms with Gasteiger partial charge < -0.3 is 15.0 Å². The molecule has 26 heavy (non-hydrogen) atoms. The van der Waals surface area contributed by atoms with Crippen molar-refractivity contribution in [2.45, 2.75) is 26.7 Å². The van der Waals surface area contributed by atoms with E-state index in [9.17, 15) is 9.59 Å². The summed E-state index contributed by atoms with van der Waals surface area (Å²) < 4.78 is 5.31. The highest BCUT2D eigenvalue weighted by Gasteiger charge is 2.11. The zero-order valence-electron chi connectivity index (χ0n) is 15.6. The van der Waals surface area contributed by atoms with Gasteiger partial charge in [-0.3, -0.25) is 14.5 Å². The fourth-order valence-electron chi connectivity index (χ4n) is 3.43. The first kappa shape index (κ1) is 18.6. The van der Waals surface area contributed by atoms with Gasteiger partial charge in [-0.15, -0.1) is 0 Å². The number of H-pyrrole nitrogens is 1. The molecule has 0 atom stereocenters. The molecule has 1 aromatic heterocycles. The Labute approximate surface area is 153 Å². The SMILES string of the molecule is Cc1cc(C)c2[nH]c(=O)c(CCC(=O)NCCN3CCOCC3)cc2c1. The number of benzene rings is 1. The standard InChI is InChI=1S/C20H27N3O3/c1-14-11-15(2)19-17(12-14)13-16(20(25)22-19)3-4-18(24)21-5-6-23-7-9-26-10-8-23/h11-13H,3-10H2,1-2H3,(H,21,24)(H,22,25). The lowest BCUT2D eigenvalue weighted by molar-refractivity contribution is -0.121. The molecule has 0 radical (unpaired) electrons. The second-order valence-electron chi connectivity index (χ2n) is 6.97. The van der Waals surface area contributed by atoms with Crippen molar-refractivity contribution in [1.29, 1.82) is 0 Å². The maximum absolute atomic E-state index is 12.3. The van der Waals surface area contributed by atoms with Crippen LogP contribution < -0.4 is 10.9 Å². The first-order chi connectivity index (χ1) is 12.5. The van der Waals surface area contributed by atoms with E-state index in [1.54, 1.807) is 0 Å². The lowest BCUT2D eigenvalue weighted by Crippen LogP contribution is -2.41. The molecule has 0 unspecified atom stereocenters. The summed E-state index contributed by atoms with van der Waals surface area (Å²) in [5, 5.41) is 3.96. The van der Waals surface area contributed by atoms with E-state index in [4.69, 9.17) is 4.74 Å². The summed E-state index contributed by atoms with van der Waals surface area (Å²) >= 11 is 0. The monoisotopic (exact) mass is 357 g/mol. The van der Waals surface area contributed by atoms with Gasteiger partial charge in [0, 0.05) is 38.2 Å². The van der Waals surface area contributed by atoms with Crippen LogP contribution in [0.3, 0.4) is 0 Å². The first-order valence-corrected chi connectivity index (χ1v) is 9.23. The molecule has 1 saturated heterocycles. The van der Waals surface area contributed by atoms with Gasteiger partial charge in [0.1, 0.15) is 0 Å². The molecule has 1 aliphatic heterocycles. The van der Waals surface area contributed by atoms with Crippen molar-refractivity contribution in [3.05, 3.63) is 45.2 Å². The average molecular weight is 357 g/mol. The highest BCUT2D eigenvalue weighted by atomic mass is 16.5. The smallest absolute Gasteiger partial charge is 0.251 e. The number of morpholine rings is 1. The fourth-order valence-corrected chi connectivity index (χ4v) is 3.43. The number of hydrogen-bond acceptors (Lipinski definition) is 4. The van der Waals surface area contributed by atoms with Gasteiger partial charge >= 0.3 is 0 Å². The van der Waals surface area contributed by atoms with Crippen LogP contribution in [0.2, 0.25) is 0 Å². The van der Waals surface area contributed by atoms with Gasteiger partial charge in [-0.05, 0) is 43.4 Å². The lowest BCUT2D eigenvalue weighted by atomic mass is 10.0. The Morgan fingerprint density at radius 2 is 2.00 bits per heavy atom. The zero-order chi connectivity index (χ0) is 18.5. The molecule has 6 heteroatoms. The molecule has 0 bridgehead atoms. The van der Waals surface area contributed by atoms with Crippen molar-refractivity contribution < 1.29 is 9.53 Å². The number of nitrogens with one attached hydrogen (secondary N) is 2. The summed E-state index contributed by atoms with van der Waals surface area (Å²) in [4.78, 5) is 29.6. The fraction of sp³-hybridized carbons (Fsp3) is 0.500. The van der Waals surface area contributed by atoms with Crippen molar-refractivity contribution in [3.63, 3.8) is 0 Å². The van der Waals surface area contributed by atoms with Crippen molar-refractivity contribution in [2.24, 2.45) is 0 Å². The Kier molecular flexibility index (Phi) is 6.06. The Balaban J connectivity index is 1.54. The molecule has 3 rings (SSSR count). The number of ether oxygens (including phenoxy) is 1. The zero-order valence-corrected chi connectivity index (χ0v) is 15.6. The second-order valence-corrected chi connectivity index (χ2v) is 6.97. The Hall–Kier alpha value is -2.18. The lowest BCUT2D eigenvalue weighted by Gasteiger charge is -2.26. The van der Waals surface area contributed by atoms with Crippen molar-refractivity contribution in [2.75, 3.05) is 39.4 Å². The predicted molar refractivity (Wildman–Crippen MR) is 103 cm³/mol. The molecule has 1 aliphatic rings. The van der Waals surface area contributed by atoms with E-state index in [-0.39, 0.29) is 11.5 Å². The molecule has 0 aliphatic carbocycles. The number of carbonyl (C=O) groups excluding carboxylic acids is 1. The maximum atomic E-state index is 12.3. The van der Waals surface area contributed by atoms with Gasteiger partial charge in [0.15, 0.2) is 0 Å². The molecule has 2 heterocycles. The summed E-state index contributed by atoms with van der Waals surface area (Å²) in [7, 11) is 0. The number of hydrogen-bond donors (Lipinski definition) is 2. The first-order valence-electron chi connectivity index (χ1n) is 9.23. The minimum atomic E-state index is -0.106. The number of aryl methyl sites for hydroxylation is 3. The van der Waals surface area contributed by atoms with E-state index >= 15 is 0 Å². The summed E-state index contributed by atoms with van der Waals surface area (Å²) in [6, 6.07) is 6.03. The molecular formula is C20H27N3O3. The Bertz CT molecular complexity index is 838. The molecule has 2 aromatic rings. The average Bonchev–Trinajstić information content (AvgIpc) is 2.61. The van der Waals surface area contributed by atoms with E-state index in [0.717, 1.165) is 54.9 Å². The van der Waals surface area contributed by atoms with Gasteiger partial charge in [-0.25, -0.2) is 0 Å². The van der Waals surface area contributed by atoms with Crippen LogP contribution in [0.25, 0.3) is 10.9 Å². The quantitative estimate of drug-likeness (QED) is 0.822. The van der Waals surface area contributed by atoms with Crippen LogP contribution >= 0.6 is 0 Å². The molecule has 1 fully saturated rings. The number of aromatic nitrogens is 1. The number of aromatic amines is 1. The number of carbonyl (C=O) groups is 1. The third-order valence-corrected chi connectivity index (χ3v) is 4.85. The van der Waals surface area contributed by atoms with E-state index in [1.165, 1.54) is 0 Å². The maximum Gasteiger partial charge on any atom is 0.251 e. The number of pyridine rings is 1. The van der Waals surface area contributed by atoms with Crippen LogP contribution in [-0.4, -0.2) is 55.2 Å². The van der Waals surface area contributed by atoms with Crippen molar-refractivity contribution in [1.82, 2.24) is 15.2 Å². The van der Waals surface area contributed by atoms with Crippen LogP contribution in [0, 0.1) is 13.8 Å². The molecule has 0 saturated carbocycles. The number of nitrogens with zero attached hydrogens (tertiary/aromatic N) is 1. The van der Waals surface area contributed by atoms with E-state index in [2.05, 4.69) is 27.3 Å². The largest absolute Gasteiger partial charge is 0.379 e. The van der Waals surface area contributed by atoms with Crippen LogP contribution in [0.5, 0.6) is 0 Å². The van der Waals surface area contributed by atoms with Crippen molar-refractivity contribution in [3.8, 4) is 0 Å². The predicted octanol–water partition coefficient (Wildman–Crippen LogP) is 1.53. The molecule has 2 N–H and O–H groups in total. The normalized spacial score (nSPS) is 15.3. The van der Waals surface area contributed by atoms with Crippen LogP contribution in [0.15, 0.2) is 23.0 Å². The van der Waals surface area contributed by atoms with E-state index in [0.29, 0.717) is 24.9 Å². The summed E-state index contributed by atoms with van der Waals surface area (Å²) in [6.45, 7) is 8.86. The minimum Gasteiger partial charge on any atom is -0.379 e. The molecule has 0 spiro atoms. The van der Waals surface area contributed by atoms with Gasteiger partial charge in [0.05, 0.1) is 18.7 Å². The second kappa shape index (κ2) is 8.47. The van der Waals surface area contributed by atoms with E-state index < -0.39 is 0 Å². The number of amides is 1. The highest BCUT2D eigenvalue weighted by Crippen LogP contribution is 2.18. The van der Waals surface area contributed by atoms with Crippen LogP contribution in [0.1, 0.15) is 23.1 Å². The van der Waals surface area contributed by atoms with Crippen LogP contribution in [-0.2, 0) is 16.0 Å². The topological polar surface area (TPSA) is 74.4 Å². The molecular weight excluding hydrogens is 330 g/mol. The number of rotatable bonds is 6. The third kappa shape index (κ3) is 4.71. The van der Waals surface area contributed by atoms with Gasteiger partial charge in [0.2, 0.25) is 5.91 Å². The van der Waals surface area contributed by atoms with Gasteiger partial charge in [-0.2, -0.15) is 0 Å². The van der Waals surface area contributed by atoms with Crippen molar-refractivity contribution >= 4 is 16.8 Å². The molecule has 6 nitrogen and oxygen atoms in total. The molecule has 1 aromatic carbocycles. The summed E-state index contributed by atoms with van der Waals surface area (Å²) in [6.07, 6.45) is 0.768. The molecule has 1 amide bonds. The minimum absolute atomic E-state index is 0.0156. The van der Waals surface area contributed by atoms with E-state index in [1.807, 2.05) is 19.9 Å². The van der Waals surface area contributed by atoms with Crippen LogP contribution in [0.4, 0.5) is 0 Å². The Morgan fingerprint density at radius 1 is 1.23 bits per heavy atom. The number of fused-ring (bicyclic) bond motifs is 1.